The van der Waals surface area contributed by atoms with Gasteiger partial charge < -0.3 is 9.67 Å². The molecule has 0 radical (unpaired) electrons. The minimum Gasteiger partial charge on any atom is -0.393 e. The number of hydrogen-bond acceptors (Lipinski definition) is 4. The molecule has 4 aromatic rings. The van der Waals surface area contributed by atoms with Gasteiger partial charge in [-0.05, 0) is 74.2 Å². The van der Waals surface area contributed by atoms with E-state index in [0.717, 1.165) is 42.3 Å². The summed E-state index contributed by atoms with van der Waals surface area (Å²) in [5.41, 5.74) is 3.54. The van der Waals surface area contributed by atoms with E-state index in [2.05, 4.69) is 19.9 Å². The van der Waals surface area contributed by atoms with Crippen molar-refractivity contribution in [1.82, 2.24) is 14.5 Å². The molecular formula is C25H23FN4O2. The Morgan fingerprint density at radius 3 is 2.56 bits per heavy atom. The van der Waals surface area contributed by atoms with Crippen molar-refractivity contribution in [3.8, 4) is 11.3 Å². The van der Waals surface area contributed by atoms with Crippen LogP contribution in [0.2, 0.25) is 0 Å². The number of aliphatic hydroxyl groups is 1. The number of carbonyl (C=O) groups excluding carboxylic acids is 1. The third-order valence-electron chi connectivity index (χ3n) is 6.01. The number of anilines is 1. The fourth-order valence-corrected chi connectivity index (χ4v) is 4.34. The lowest BCUT2D eigenvalue weighted by molar-refractivity contribution is 0.102. The highest BCUT2D eigenvalue weighted by Gasteiger charge is 2.25. The maximum absolute atomic E-state index is 13.2. The molecule has 0 unspecified atom stereocenters. The van der Waals surface area contributed by atoms with Gasteiger partial charge in [0.05, 0.1) is 22.8 Å². The molecule has 1 saturated carbocycles. The van der Waals surface area contributed by atoms with Crippen molar-refractivity contribution in [3.05, 3.63) is 78.2 Å². The molecule has 0 spiro atoms. The van der Waals surface area contributed by atoms with Crippen molar-refractivity contribution in [2.45, 2.75) is 37.8 Å². The van der Waals surface area contributed by atoms with E-state index in [1.165, 1.54) is 12.1 Å². The Morgan fingerprint density at radius 1 is 1.03 bits per heavy atom. The lowest BCUT2D eigenvalue weighted by atomic mass is 9.93. The van der Waals surface area contributed by atoms with Crippen LogP contribution in [0.4, 0.5) is 10.3 Å². The second-order valence-corrected chi connectivity index (χ2v) is 8.15. The monoisotopic (exact) mass is 430 g/mol. The highest BCUT2D eigenvalue weighted by molar-refractivity contribution is 6.04. The topological polar surface area (TPSA) is 80.0 Å². The average Bonchev–Trinajstić information content (AvgIpc) is 3.18. The van der Waals surface area contributed by atoms with Crippen molar-refractivity contribution in [2.24, 2.45) is 0 Å². The fraction of sp³-hybridized carbons (Fsp3) is 0.240. The molecule has 7 heteroatoms. The van der Waals surface area contributed by atoms with E-state index in [-0.39, 0.29) is 23.9 Å². The van der Waals surface area contributed by atoms with Crippen LogP contribution in [0.15, 0.2) is 66.9 Å². The van der Waals surface area contributed by atoms with Crippen LogP contribution in [-0.4, -0.2) is 31.7 Å². The largest absolute Gasteiger partial charge is 0.393 e. The van der Waals surface area contributed by atoms with E-state index in [1.54, 1.807) is 30.5 Å². The van der Waals surface area contributed by atoms with Crippen LogP contribution in [0.25, 0.3) is 22.3 Å². The van der Waals surface area contributed by atoms with Crippen LogP contribution in [-0.2, 0) is 0 Å². The van der Waals surface area contributed by atoms with Gasteiger partial charge in [-0.2, -0.15) is 0 Å². The van der Waals surface area contributed by atoms with Crippen LogP contribution in [0.5, 0.6) is 0 Å². The third-order valence-corrected chi connectivity index (χ3v) is 6.01. The molecule has 1 aliphatic carbocycles. The molecule has 32 heavy (non-hydrogen) atoms. The number of para-hydroxylation sites is 2. The molecule has 2 N–H and O–H groups in total. The number of amides is 1. The van der Waals surface area contributed by atoms with Gasteiger partial charge in [-0.25, -0.2) is 9.37 Å². The Labute approximate surface area is 184 Å². The number of aromatic nitrogens is 3. The normalized spacial score (nSPS) is 18.6. The maximum atomic E-state index is 13.2. The van der Waals surface area contributed by atoms with Crippen molar-refractivity contribution in [1.29, 1.82) is 0 Å². The Balaban J connectivity index is 1.46. The molecule has 0 bridgehead atoms. The molecule has 1 aliphatic rings. The second kappa shape index (κ2) is 8.51. The lowest BCUT2D eigenvalue weighted by Gasteiger charge is -2.28. The number of imidazole rings is 1. The van der Waals surface area contributed by atoms with Crippen molar-refractivity contribution < 1.29 is 14.3 Å². The minimum atomic E-state index is -0.322. The van der Waals surface area contributed by atoms with Crippen LogP contribution in [0.1, 0.15) is 42.1 Å². The number of fused-ring (bicyclic) bond motifs is 1. The number of carbonyl (C=O) groups is 1. The summed E-state index contributed by atoms with van der Waals surface area (Å²) in [6, 6.07) is 17.3. The Morgan fingerprint density at radius 2 is 1.78 bits per heavy atom. The van der Waals surface area contributed by atoms with Gasteiger partial charge in [-0.15, -0.1) is 0 Å². The summed E-state index contributed by atoms with van der Waals surface area (Å²) >= 11 is 0. The summed E-state index contributed by atoms with van der Waals surface area (Å²) in [5.74, 6) is -0.113. The zero-order valence-electron chi connectivity index (χ0n) is 17.4. The van der Waals surface area contributed by atoms with Crippen LogP contribution in [0, 0.1) is 5.82 Å². The van der Waals surface area contributed by atoms with Gasteiger partial charge in [0.1, 0.15) is 5.82 Å². The van der Waals surface area contributed by atoms with Crippen LogP contribution in [0.3, 0.4) is 0 Å². The molecule has 1 amide bonds. The first-order chi connectivity index (χ1) is 15.6. The van der Waals surface area contributed by atoms with Crippen molar-refractivity contribution >= 4 is 22.9 Å². The lowest BCUT2D eigenvalue weighted by Crippen LogP contribution is -2.23. The minimum absolute atomic E-state index is 0.160. The van der Waals surface area contributed by atoms with Crippen LogP contribution >= 0.6 is 0 Å². The molecule has 2 aromatic carbocycles. The van der Waals surface area contributed by atoms with E-state index in [0.29, 0.717) is 17.2 Å². The number of hydrogen-bond donors (Lipinski definition) is 2. The van der Waals surface area contributed by atoms with Gasteiger partial charge in [0.15, 0.2) is 0 Å². The van der Waals surface area contributed by atoms with Crippen LogP contribution < -0.4 is 5.32 Å². The quantitative estimate of drug-likeness (QED) is 0.479. The Bertz CT molecular complexity index is 1260. The van der Waals surface area contributed by atoms with E-state index in [4.69, 9.17) is 0 Å². The zero-order chi connectivity index (χ0) is 22.1. The molecule has 162 valence electrons. The summed E-state index contributed by atoms with van der Waals surface area (Å²) in [4.78, 5) is 22.1. The summed E-state index contributed by atoms with van der Waals surface area (Å²) in [5, 5.41) is 12.9. The zero-order valence-corrected chi connectivity index (χ0v) is 17.4. The maximum Gasteiger partial charge on any atom is 0.258 e. The van der Waals surface area contributed by atoms with Gasteiger partial charge in [0, 0.05) is 23.4 Å². The molecule has 2 aromatic heterocycles. The predicted molar refractivity (Wildman–Crippen MR) is 121 cm³/mol. The SMILES string of the molecule is O=C(Nc1nc2ccccc2n1C1CCC(O)CC1)c1ccnc(-c2ccc(F)cc2)c1. The van der Waals surface area contributed by atoms with Gasteiger partial charge >= 0.3 is 0 Å². The smallest absolute Gasteiger partial charge is 0.258 e. The third kappa shape index (κ3) is 3.99. The van der Waals surface area contributed by atoms with Crippen molar-refractivity contribution in [2.75, 3.05) is 5.32 Å². The summed E-state index contributed by atoms with van der Waals surface area (Å²) in [7, 11) is 0. The number of nitrogens with one attached hydrogen (secondary N) is 1. The number of benzene rings is 2. The second-order valence-electron chi connectivity index (χ2n) is 8.15. The predicted octanol–water partition coefficient (Wildman–Crippen LogP) is 4.97. The molecule has 2 heterocycles. The number of aliphatic hydroxyl groups excluding tert-OH is 1. The first kappa shape index (κ1) is 20.3. The molecule has 6 nitrogen and oxygen atoms in total. The van der Waals surface area contributed by atoms with E-state index < -0.39 is 0 Å². The summed E-state index contributed by atoms with van der Waals surface area (Å²) < 4.78 is 15.3. The number of pyridine rings is 1. The first-order valence-electron chi connectivity index (χ1n) is 10.8. The van der Waals surface area contributed by atoms with Gasteiger partial charge in [-0.3, -0.25) is 15.1 Å². The Kier molecular flexibility index (Phi) is 5.41. The highest BCUT2D eigenvalue weighted by atomic mass is 19.1. The highest BCUT2D eigenvalue weighted by Crippen LogP contribution is 2.34. The Hall–Kier alpha value is -3.58. The van der Waals surface area contributed by atoms with Gasteiger partial charge in [-0.1, -0.05) is 12.1 Å². The molecule has 0 aliphatic heterocycles. The molecule has 0 atom stereocenters. The number of rotatable bonds is 4. The molecule has 5 rings (SSSR count). The molecule has 0 saturated heterocycles. The number of halogens is 1. The summed E-state index contributed by atoms with van der Waals surface area (Å²) in [6.45, 7) is 0. The molecule has 1 fully saturated rings. The van der Waals surface area contributed by atoms with E-state index in [9.17, 15) is 14.3 Å². The van der Waals surface area contributed by atoms with Crippen molar-refractivity contribution in [3.63, 3.8) is 0 Å². The van der Waals surface area contributed by atoms with E-state index >= 15 is 0 Å². The van der Waals surface area contributed by atoms with Gasteiger partial charge in [0.2, 0.25) is 5.95 Å². The standard InChI is InChI=1S/C25H23FN4O2/c26-18-7-5-16(6-8-18)22-15-17(13-14-27-22)24(32)29-25-28-21-3-1-2-4-23(21)30(25)19-9-11-20(31)12-10-19/h1-8,13-15,19-20,31H,9-12H2,(H,28,29,32). The molecular weight excluding hydrogens is 407 g/mol. The average molecular weight is 430 g/mol. The first-order valence-corrected chi connectivity index (χ1v) is 10.8. The fourth-order valence-electron chi connectivity index (χ4n) is 4.34. The van der Waals surface area contributed by atoms with Gasteiger partial charge in [0.25, 0.3) is 5.91 Å². The summed E-state index contributed by atoms with van der Waals surface area (Å²) in [6.07, 6.45) is 4.43. The van der Waals surface area contributed by atoms with E-state index in [1.807, 2.05) is 24.3 Å². The number of nitrogens with zero attached hydrogens (tertiary/aromatic N) is 3.